The standard InChI is InChI=1S/C14H22N4O3/c1-9-13(10(2)17-16-9)15-12(19)8-18-6-4-5-11(7-18)14(20)21-3/h11H,4-8H2,1-3H3,(H,15,19)(H,16,17). The number of esters is 1. The van der Waals surface area contributed by atoms with E-state index in [0.717, 1.165) is 36.5 Å². The van der Waals surface area contributed by atoms with Gasteiger partial charge in [-0.15, -0.1) is 0 Å². The molecule has 1 fully saturated rings. The highest BCUT2D eigenvalue weighted by atomic mass is 16.5. The molecule has 7 nitrogen and oxygen atoms in total. The van der Waals surface area contributed by atoms with Crippen LogP contribution in [-0.4, -0.2) is 53.7 Å². The number of aromatic nitrogens is 2. The number of anilines is 1. The number of carbonyl (C=O) groups excluding carboxylic acids is 2. The second-order valence-electron chi connectivity index (χ2n) is 5.45. The summed E-state index contributed by atoms with van der Waals surface area (Å²) < 4.78 is 4.78. The maximum atomic E-state index is 12.1. The fraction of sp³-hybridized carbons (Fsp3) is 0.643. The summed E-state index contributed by atoms with van der Waals surface area (Å²) in [7, 11) is 1.40. The number of nitrogens with zero attached hydrogens (tertiary/aromatic N) is 2. The first-order valence-corrected chi connectivity index (χ1v) is 7.13. The Morgan fingerprint density at radius 2 is 2.24 bits per heavy atom. The Bertz CT molecular complexity index is 507. The summed E-state index contributed by atoms with van der Waals surface area (Å²) in [5.41, 5.74) is 2.35. The molecule has 1 aromatic heterocycles. The first kappa shape index (κ1) is 15.5. The zero-order valence-electron chi connectivity index (χ0n) is 12.7. The van der Waals surface area contributed by atoms with Gasteiger partial charge in [0.25, 0.3) is 0 Å². The molecule has 21 heavy (non-hydrogen) atoms. The average molecular weight is 294 g/mol. The molecule has 2 heterocycles. The van der Waals surface area contributed by atoms with Crippen molar-refractivity contribution in [2.75, 3.05) is 32.1 Å². The van der Waals surface area contributed by atoms with Crippen molar-refractivity contribution in [2.24, 2.45) is 5.92 Å². The lowest BCUT2D eigenvalue weighted by molar-refractivity contribution is -0.147. The van der Waals surface area contributed by atoms with Crippen molar-refractivity contribution in [1.29, 1.82) is 0 Å². The van der Waals surface area contributed by atoms with E-state index in [9.17, 15) is 9.59 Å². The van der Waals surface area contributed by atoms with E-state index in [1.807, 2.05) is 18.7 Å². The molecule has 1 saturated heterocycles. The zero-order chi connectivity index (χ0) is 15.4. The monoisotopic (exact) mass is 294 g/mol. The van der Waals surface area contributed by atoms with Crippen LogP contribution >= 0.6 is 0 Å². The van der Waals surface area contributed by atoms with Crippen molar-refractivity contribution in [2.45, 2.75) is 26.7 Å². The van der Waals surface area contributed by atoms with Crippen molar-refractivity contribution < 1.29 is 14.3 Å². The number of aromatic amines is 1. The summed E-state index contributed by atoms with van der Waals surface area (Å²) in [6.45, 7) is 5.38. The molecule has 0 spiro atoms. The van der Waals surface area contributed by atoms with Gasteiger partial charge < -0.3 is 10.1 Å². The van der Waals surface area contributed by atoms with Crippen LogP contribution in [0.4, 0.5) is 5.69 Å². The van der Waals surface area contributed by atoms with E-state index in [4.69, 9.17) is 4.74 Å². The maximum absolute atomic E-state index is 12.1. The minimum Gasteiger partial charge on any atom is -0.469 e. The number of likely N-dealkylation sites (tertiary alicyclic amines) is 1. The van der Waals surface area contributed by atoms with Crippen molar-refractivity contribution in [3.05, 3.63) is 11.4 Å². The van der Waals surface area contributed by atoms with Crippen LogP contribution in [0.5, 0.6) is 0 Å². The van der Waals surface area contributed by atoms with Gasteiger partial charge in [-0.05, 0) is 33.2 Å². The topological polar surface area (TPSA) is 87.3 Å². The van der Waals surface area contributed by atoms with Crippen LogP contribution in [0.25, 0.3) is 0 Å². The molecule has 1 unspecified atom stereocenters. The summed E-state index contributed by atoms with van der Waals surface area (Å²) in [5, 5.41) is 9.76. The number of hydrogen-bond acceptors (Lipinski definition) is 5. The second kappa shape index (κ2) is 6.71. The van der Waals surface area contributed by atoms with Gasteiger partial charge in [-0.1, -0.05) is 0 Å². The number of methoxy groups -OCH3 is 1. The van der Waals surface area contributed by atoms with Gasteiger partial charge in [0.05, 0.1) is 36.6 Å². The van der Waals surface area contributed by atoms with Crippen molar-refractivity contribution >= 4 is 17.6 Å². The van der Waals surface area contributed by atoms with Crippen LogP contribution in [0.2, 0.25) is 0 Å². The number of nitrogens with one attached hydrogen (secondary N) is 2. The summed E-state index contributed by atoms with van der Waals surface area (Å²) in [4.78, 5) is 25.7. The van der Waals surface area contributed by atoms with E-state index in [1.165, 1.54) is 7.11 Å². The van der Waals surface area contributed by atoms with Gasteiger partial charge >= 0.3 is 5.97 Å². The van der Waals surface area contributed by atoms with Crippen LogP contribution in [0.15, 0.2) is 0 Å². The molecule has 0 saturated carbocycles. The minimum absolute atomic E-state index is 0.0897. The van der Waals surface area contributed by atoms with Crippen LogP contribution in [0.3, 0.4) is 0 Å². The molecular formula is C14H22N4O3. The summed E-state index contributed by atoms with van der Waals surface area (Å²) in [5.74, 6) is -0.413. The number of rotatable bonds is 4. The third kappa shape index (κ3) is 3.81. The van der Waals surface area contributed by atoms with Crippen LogP contribution in [-0.2, 0) is 14.3 Å². The highest BCUT2D eigenvalue weighted by Crippen LogP contribution is 2.19. The van der Waals surface area contributed by atoms with Crippen molar-refractivity contribution in [1.82, 2.24) is 15.1 Å². The van der Waals surface area contributed by atoms with Gasteiger partial charge in [0.15, 0.2) is 0 Å². The molecule has 1 aliphatic heterocycles. The highest BCUT2D eigenvalue weighted by molar-refractivity contribution is 5.93. The van der Waals surface area contributed by atoms with Crippen LogP contribution in [0.1, 0.15) is 24.2 Å². The first-order valence-electron chi connectivity index (χ1n) is 7.13. The van der Waals surface area contributed by atoms with Crippen LogP contribution < -0.4 is 5.32 Å². The average Bonchev–Trinajstić information content (AvgIpc) is 2.78. The first-order chi connectivity index (χ1) is 10.0. The van der Waals surface area contributed by atoms with Gasteiger partial charge in [-0.25, -0.2) is 0 Å². The molecule has 0 radical (unpaired) electrons. The number of piperidine rings is 1. The minimum atomic E-state index is -0.193. The quantitative estimate of drug-likeness (QED) is 0.804. The van der Waals surface area contributed by atoms with E-state index in [-0.39, 0.29) is 24.3 Å². The van der Waals surface area contributed by atoms with E-state index >= 15 is 0 Å². The third-order valence-corrected chi connectivity index (χ3v) is 3.80. The Morgan fingerprint density at radius 1 is 1.48 bits per heavy atom. The van der Waals surface area contributed by atoms with Gasteiger partial charge in [-0.3, -0.25) is 19.6 Å². The van der Waals surface area contributed by atoms with E-state index < -0.39 is 0 Å². The van der Waals surface area contributed by atoms with Crippen molar-refractivity contribution in [3.8, 4) is 0 Å². The lowest BCUT2D eigenvalue weighted by Crippen LogP contribution is -2.43. The molecule has 2 rings (SSSR count). The van der Waals surface area contributed by atoms with Crippen LogP contribution in [0, 0.1) is 19.8 Å². The maximum Gasteiger partial charge on any atom is 0.309 e. The number of hydrogen-bond donors (Lipinski definition) is 2. The highest BCUT2D eigenvalue weighted by Gasteiger charge is 2.27. The number of carbonyl (C=O) groups is 2. The van der Waals surface area contributed by atoms with Gasteiger partial charge in [0, 0.05) is 6.54 Å². The summed E-state index contributed by atoms with van der Waals surface area (Å²) in [6, 6.07) is 0. The molecule has 2 N–H and O–H groups in total. The Hall–Kier alpha value is -1.89. The Balaban J connectivity index is 1.89. The molecule has 116 valence electrons. The SMILES string of the molecule is COC(=O)C1CCCN(CC(=O)Nc2c(C)n[nH]c2C)C1. The predicted octanol–water partition coefficient (Wildman–Crippen LogP) is 0.850. The molecule has 0 bridgehead atoms. The van der Waals surface area contributed by atoms with E-state index in [1.54, 1.807) is 0 Å². The summed E-state index contributed by atoms with van der Waals surface area (Å²) >= 11 is 0. The largest absolute Gasteiger partial charge is 0.469 e. The Labute approximate surface area is 124 Å². The lowest BCUT2D eigenvalue weighted by atomic mass is 9.98. The molecule has 7 heteroatoms. The molecule has 0 aliphatic carbocycles. The van der Waals surface area contributed by atoms with Gasteiger partial charge in [-0.2, -0.15) is 5.10 Å². The Kier molecular flexibility index (Phi) is 4.95. The molecule has 1 amide bonds. The normalized spacial score (nSPS) is 19.3. The number of H-pyrrole nitrogens is 1. The smallest absolute Gasteiger partial charge is 0.309 e. The van der Waals surface area contributed by atoms with Gasteiger partial charge in [0.1, 0.15) is 0 Å². The molecule has 1 atom stereocenters. The summed E-state index contributed by atoms with van der Waals surface area (Å²) in [6.07, 6.45) is 1.72. The van der Waals surface area contributed by atoms with E-state index in [0.29, 0.717) is 6.54 Å². The van der Waals surface area contributed by atoms with E-state index in [2.05, 4.69) is 15.5 Å². The Morgan fingerprint density at radius 3 is 2.86 bits per heavy atom. The van der Waals surface area contributed by atoms with Gasteiger partial charge in [0.2, 0.25) is 5.91 Å². The molecular weight excluding hydrogens is 272 g/mol. The fourth-order valence-electron chi connectivity index (χ4n) is 2.68. The number of aryl methyl sites for hydroxylation is 2. The zero-order valence-corrected chi connectivity index (χ0v) is 12.7. The van der Waals surface area contributed by atoms with Crippen molar-refractivity contribution in [3.63, 3.8) is 0 Å². The third-order valence-electron chi connectivity index (χ3n) is 3.80. The molecule has 1 aromatic rings. The molecule has 1 aliphatic rings. The lowest BCUT2D eigenvalue weighted by Gasteiger charge is -2.30. The number of ether oxygens (including phenoxy) is 1. The second-order valence-corrected chi connectivity index (χ2v) is 5.45. The molecule has 0 aromatic carbocycles. The predicted molar refractivity (Wildman–Crippen MR) is 77.9 cm³/mol. The number of amides is 1. The fourth-order valence-corrected chi connectivity index (χ4v) is 2.68.